The first-order valence-electron chi connectivity index (χ1n) is 6.07. The van der Waals surface area contributed by atoms with E-state index < -0.39 is 4.92 Å². The molecule has 0 unspecified atom stereocenters. The fourth-order valence-corrected chi connectivity index (χ4v) is 2.17. The van der Waals surface area contributed by atoms with E-state index in [1.54, 1.807) is 19.1 Å². The van der Waals surface area contributed by atoms with Gasteiger partial charge in [0.15, 0.2) is 0 Å². The molecule has 0 amide bonds. The largest absolute Gasteiger partial charge is 0.433 e. The first-order chi connectivity index (χ1) is 9.41. The summed E-state index contributed by atoms with van der Waals surface area (Å²) in [6, 6.07) is 7.15. The lowest BCUT2D eigenvalue weighted by molar-refractivity contribution is -0.386. The van der Waals surface area contributed by atoms with Crippen LogP contribution in [0.3, 0.4) is 0 Å². The normalized spacial score (nSPS) is 10.8. The maximum absolute atomic E-state index is 11.2. The Morgan fingerprint density at radius 1 is 1.40 bits per heavy atom. The minimum atomic E-state index is -0.465. The molecule has 0 aliphatic rings. The second-order valence-electron chi connectivity index (χ2n) is 4.57. The number of hydrogen-bond donors (Lipinski definition) is 0. The quantitative estimate of drug-likeness (QED) is 0.617. The molecule has 0 aliphatic heterocycles. The standard InChI is InChI=1S/C13H14BrN3O3/c1-8(2)16-13(12(17(18)19)9(3)15-16)20-11-7-5-4-6-10(11)14/h4-8H,1-3H3. The maximum atomic E-state index is 11.2. The summed E-state index contributed by atoms with van der Waals surface area (Å²) in [7, 11) is 0. The zero-order valence-corrected chi connectivity index (χ0v) is 12.9. The molecular formula is C13H14BrN3O3. The molecule has 2 aromatic rings. The van der Waals surface area contributed by atoms with Crippen molar-refractivity contribution in [3.8, 4) is 11.6 Å². The Bertz CT molecular complexity index is 652. The van der Waals surface area contributed by atoms with Crippen molar-refractivity contribution in [1.82, 2.24) is 9.78 Å². The summed E-state index contributed by atoms with van der Waals surface area (Å²) >= 11 is 3.36. The van der Waals surface area contributed by atoms with Crippen LogP contribution in [0.1, 0.15) is 25.6 Å². The van der Waals surface area contributed by atoms with Crippen LogP contribution in [0.5, 0.6) is 11.6 Å². The van der Waals surface area contributed by atoms with Crippen LogP contribution in [0.25, 0.3) is 0 Å². The van der Waals surface area contributed by atoms with Crippen LogP contribution in [0.15, 0.2) is 28.7 Å². The third-order valence-corrected chi connectivity index (χ3v) is 3.38. The highest BCUT2D eigenvalue weighted by molar-refractivity contribution is 9.10. The lowest BCUT2D eigenvalue weighted by Crippen LogP contribution is -2.05. The average molecular weight is 340 g/mol. The second-order valence-corrected chi connectivity index (χ2v) is 5.42. The molecule has 106 valence electrons. The van der Waals surface area contributed by atoms with Crippen molar-refractivity contribution in [3.05, 3.63) is 44.5 Å². The SMILES string of the molecule is Cc1nn(C(C)C)c(Oc2ccccc2Br)c1[N+](=O)[O-]. The number of halogens is 1. The molecule has 1 heterocycles. The number of nitro groups is 1. The Morgan fingerprint density at radius 3 is 2.60 bits per heavy atom. The van der Waals surface area contributed by atoms with E-state index in [4.69, 9.17) is 4.74 Å². The number of hydrogen-bond acceptors (Lipinski definition) is 4. The zero-order chi connectivity index (χ0) is 14.9. The van der Waals surface area contributed by atoms with Crippen LogP contribution in [-0.4, -0.2) is 14.7 Å². The predicted molar refractivity (Wildman–Crippen MR) is 78.2 cm³/mol. The molecule has 0 radical (unpaired) electrons. The van der Waals surface area contributed by atoms with Gasteiger partial charge in [-0.2, -0.15) is 5.10 Å². The van der Waals surface area contributed by atoms with Crippen molar-refractivity contribution >= 4 is 21.6 Å². The first kappa shape index (κ1) is 14.5. The van der Waals surface area contributed by atoms with Gasteiger partial charge in [0.25, 0.3) is 5.88 Å². The number of aromatic nitrogens is 2. The van der Waals surface area contributed by atoms with E-state index in [1.165, 1.54) is 4.68 Å². The van der Waals surface area contributed by atoms with E-state index in [1.807, 2.05) is 26.0 Å². The van der Waals surface area contributed by atoms with E-state index in [-0.39, 0.29) is 17.6 Å². The molecular weight excluding hydrogens is 326 g/mol. The zero-order valence-electron chi connectivity index (χ0n) is 11.3. The molecule has 20 heavy (non-hydrogen) atoms. The van der Waals surface area contributed by atoms with Crippen molar-refractivity contribution in [2.45, 2.75) is 26.8 Å². The van der Waals surface area contributed by atoms with E-state index in [2.05, 4.69) is 21.0 Å². The van der Waals surface area contributed by atoms with Gasteiger partial charge in [0, 0.05) is 0 Å². The highest BCUT2D eigenvalue weighted by Crippen LogP contribution is 2.38. The van der Waals surface area contributed by atoms with Crippen LogP contribution in [0, 0.1) is 17.0 Å². The van der Waals surface area contributed by atoms with Crippen molar-refractivity contribution in [3.63, 3.8) is 0 Å². The molecule has 7 heteroatoms. The van der Waals surface area contributed by atoms with Gasteiger partial charge in [-0.1, -0.05) is 12.1 Å². The van der Waals surface area contributed by atoms with Crippen molar-refractivity contribution in [2.75, 3.05) is 0 Å². The van der Waals surface area contributed by atoms with Gasteiger partial charge in [-0.05, 0) is 48.8 Å². The Morgan fingerprint density at radius 2 is 2.05 bits per heavy atom. The van der Waals surface area contributed by atoms with Crippen LogP contribution in [0.2, 0.25) is 0 Å². The number of rotatable bonds is 4. The lowest BCUT2D eigenvalue weighted by atomic mass is 10.3. The third kappa shape index (κ3) is 2.67. The molecule has 0 fully saturated rings. The monoisotopic (exact) mass is 339 g/mol. The molecule has 1 aromatic carbocycles. The predicted octanol–water partition coefficient (Wildman–Crippen LogP) is 4.24. The number of aryl methyl sites for hydroxylation is 1. The average Bonchev–Trinajstić information content (AvgIpc) is 2.69. The second kappa shape index (κ2) is 5.62. The molecule has 1 aromatic heterocycles. The Hall–Kier alpha value is -1.89. The smallest absolute Gasteiger partial charge is 0.353 e. The van der Waals surface area contributed by atoms with Gasteiger partial charge in [-0.25, -0.2) is 4.68 Å². The maximum Gasteiger partial charge on any atom is 0.353 e. The van der Waals surface area contributed by atoms with Gasteiger partial charge >= 0.3 is 5.69 Å². The van der Waals surface area contributed by atoms with Gasteiger partial charge in [-0.15, -0.1) is 0 Å². The van der Waals surface area contributed by atoms with Gasteiger partial charge < -0.3 is 4.74 Å². The molecule has 6 nitrogen and oxygen atoms in total. The van der Waals surface area contributed by atoms with Gasteiger partial charge in [-0.3, -0.25) is 10.1 Å². The fraction of sp³-hybridized carbons (Fsp3) is 0.308. The van der Waals surface area contributed by atoms with E-state index in [0.29, 0.717) is 11.4 Å². The topological polar surface area (TPSA) is 70.2 Å². The summed E-state index contributed by atoms with van der Waals surface area (Å²) in [5, 5.41) is 15.4. The summed E-state index contributed by atoms with van der Waals surface area (Å²) in [6.45, 7) is 5.38. The summed E-state index contributed by atoms with van der Waals surface area (Å²) in [5.74, 6) is 0.659. The van der Waals surface area contributed by atoms with E-state index >= 15 is 0 Å². The Balaban J connectivity index is 2.54. The van der Waals surface area contributed by atoms with Gasteiger partial charge in [0.1, 0.15) is 11.4 Å². The highest BCUT2D eigenvalue weighted by atomic mass is 79.9. The minimum absolute atomic E-state index is 0.0418. The van der Waals surface area contributed by atoms with Crippen molar-refractivity contribution in [2.24, 2.45) is 0 Å². The number of benzene rings is 1. The minimum Gasteiger partial charge on any atom is -0.433 e. The molecule has 0 spiro atoms. The molecule has 0 saturated carbocycles. The Labute approximate surface area is 124 Å². The van der Waals surface area contributed by atoms with Crippen molar-refractivity contribution in [1.29, 1.82) is 0 Å². The number of ether oxygens (including phenoxy) is 1. The summed E-state index contributed by atoms with van der Waals surface area (Å²) < 4.78 is 7.97. The third-order valence-electron chi connectivity index (χ3n) is 2.73. The number of nitrogens with zero attached hydrogens (tertiary/aromatic N) is 3. The first-order valence-corrected chi connectivity index (χ1v) is 6.87. The molecule has 0 aliphatic carbocycles. The molecule has 0 saturated heterocycles. The Kier molecular flexibility index (Phi) is 4.08. The van der Waals surface area contributed by atoms with Crippen molar-refractivity contribution < 1.29 is 9.66 Å². The fourth-order valence-electron chi connectivity index (χ4n) is 1.80. The van der Waals surface area contributed by atoms with Gasteiger partial charge in [0.05, 0.1) is 15.4 Å². The van der Waals surface area contributed by atoms with E-state index in [9.17, 15) is 10.1 Å². The number of para-hydroxylation sites is 1. The summed E-state index contributed by atoms with van der Waals surface area (Å²) in [5.41, 5.74) is 0.236. The highest BCUT2D eigenvalue weighted by Gasteiger charge is 2.29. The van der Waals surface area contributed by atoms with Gasteiger partial charge in [0.2, 0.25) is 0 Å². The molecule has 0 N–H and O–H groups in total. The lowest BCUT2D eigenvalue weighted by Gasteiger charge is -2.11. The molecule has 0 atom stereocenters. The molecule has 0 bridgehead atoms. The van der Waals surface area contributed by atoms with Crippen LogP contribution in [0.4, 0.5) is 5.69 Å². The molecule has 2 rings (SSSR count). The summed E-state index contributed by atoms with van der Waals surface area (Å²) in [6.07, 6.45) is 0. The van der Waals surface area contributed by atoms with Crippen LogP contribution < -0.4 is 4.74 Å². The summed E-state index contributed by atoms with van der Waals surface area (Å²) in [4.78, 5) is 10.7. The van der Waals surface area contributed by atoms with Crippen LogP contribution >= 0.6 is 15.9 Å². The van der Waals surface area contributed by atoms with E-state index in [0.717, 1.165) is 4.47 Å². The van der Waals surface area contributed by atoms with Crippen LogP contribution in [-0.2, 0) is 0 Å².